The summed E-state index contributed by atoms with van der Waals surface area (Å²) in [7, 11) is 0. The fourth-order valence-corrected chi connectivity index (χ4v) is 0.947. The number of hydrogen-bond donors (Lipinski definition) is 0. The van der Waals surface area contributed by atoms with Crippen molar-refractivity contribution in [2.24, 2.45) is 0 Å². The molecule has 0 heterocycles. The Labute approximate surface area is 71.5 Å². The third-order valence-electron chi connectivity index (χ3n) is 1.52. The SMILES string of the molecule is C=CC(O[C]=O)[14c]1ccccc1. The van der Waals surface area contributed by atoms with Crippen LogP contribution in [0.1, 0.15) is 11.7 Å². The molecule has 0 aliphatic rings. The zero-order valence-electron chi connectivity index (χ0n) is 6.57. The zero-order valence-corrected chi connectivity index (χ0v) is 6.57. The molecular formula is C10H9O2. The molecule has 1 unspecified atom stereocenters. The summed E-state index contributed by atoms with van der Waals surface area (Å²) in [6.45, 7) is 4.95. The number of rotatable bonds is 4. The number of benzene rings is 1. The molecule has 1 atom stereocenters. The van der Waals surface area contributed by atoms with Gasteiger partial charge in [-0.1, -0.05) is 36.9 Å². The van der Waals surface area contributed by atoms with Crippen molar-refractivity contribution in [3.8, 4) is 0 Å². The van der Waals surface area contributed by atoms with Crippen molar-refractivity contribution in [2.45, 2.75) is 6.10 Å². The first-order valence-corrected chi connectivity index (χ1v) is 3.58. The van der Waals surface area contributed by atoms with Crippen LogP contribution < -0.4 is 0 Å². The summed E-state index contributed by atoms with van der Waals surface area (Å²) in [5, 5.41) is 0. The summed E-state index contributed by atoms with van der Waals surface area (Å²) >= 11 is 0. The Balaban J connectivity index is 2.79. The molecule has 0 bridgehead atoms. The van der Waals surface area contributed by atoms with Crippen molar-refractivity contribution in [3.63, 3.8) is 0 Å². The summed E-state index contributed by atoms with van der Waals surface area (Å²) in [5.74, 6) is 0. The molecule has 0 spiro atoms. The van der Waals surface area contributed by atoms with Crippen LogP contribution in [0.5, 0.6) is 0 Å². The van der Waals surface area contributed by atoms with Gasteiger partial charge in [-0.2, -0.15) is 0 Å². The van der Waals surface area contributed by atoms with Crippen molar-refractivity contribution in [1.82, 2.24) is 0 Å². The maximum absolute atomic E-state index is 9.95. The maximum Gasteiger partial charge on any atom is 0.418 e. The normalized spacial score (nSPS) is 11.7. The fraction of sp³-hybridized carbons (Fsp3) is 0.100. The van der Waals surface area contributed by atoms with E-state index in [0.29, 0.717) is 0 Å². The number of hydrogen-bond acceptors (Lipinski definition) is 2. The second kappa shape index (κ2) is 4.34. The number of ether oxygens (including phenoxy) is 1. The first kappa shape index (κ1) is 8.53. The minimum atomic E-state index is -0.385. The molecule has 0 amide bonds. The second-order valence-electron chi connectivity index (χ2n) is 2.27. The Hall–Kier alpha value is -1.57. The van der Waals surface area contributed by atoms with E-state index in [9.17, 15) is 4.79 Å². The van der Waals surface area contributed by atoms with E-state index < -0.39 is 0 Å². The minimum absolute atomic E-state index is 0.385. The van der Waals surface area contributed by atoms with Crippen LogP contribution in [0, 0.1) is 0 Å². The summed E-state index contributed by atoms with van der Waals surface area (Å²) in [6.07, 6.45) is 1.17. The van der Waals surface area contributed by atoms with E-state index in [-0.39, 0.29) is 6.10 Å². The van der Waals surface area contributed by atoms with Gasteiger partial charge in [-0.25, -0.2) is 4.79 Å². The second-order valence-corrected chi connectivity index (χ2v) is 2.27. The van der Waals surface area contributed by atoms with Crippen LogP contribution in [0.2, 0.25) is 0 Å². The van der Waals surface area contributed by atoms with E-state index in [1.165, 1.54) is 6.47 Å². The average Bonchev–Trinajstić information content (AvgIpc) is 2.15. The summed E-state index contributed by atoms with van der Waals surface area (Å²) in [5.41, 5.74) is 0.899. The molecule has 0 N–H and O–H groups in total. The van der Waals surface area contributed by atoms with Gasteiger partial charge in [-0.05, 0) is 11.6 Å². The van der Waals surface area contributed by atoms with E-state index in [1.807, 2.05) is 30.3 Å². The molecule has 0 fully saturated rings. The molecule has 0 aliphatic heterocycles. The summed E-state index contributed by atoms with van der Waals surface area (Å²) in [6, 6.07) is 9.38. The van der Waals surface area contributed by atoms with Crippen molar-refractivity contribution in [3.05, 3.63) is 48.6 Å². The molecular weight excluding hydrogens is 154 g/mol. The molecule has 0 saturated heterocycles. The summed E-state index contributed by atoms with van der Waals surface area (Å²) < 4.78 is 4.65. The van der Waals surface area contributed by atoms with Gasteiger partial charge in [0.15, 0.2) is 0 Å². The molecule has 0 saturated carbocycles. The van der Waals surface area contributed by atoms with Crippen molar-refractivity contribution >= 4 is 6.47 Å². The predicted octanol–water partition coefficient (Wildman–Crippen LogP) is 2.00. The maximum atomic E-state index is 9.95. The molecule has 1 aromatic carbocycles. The van der Waals surface area contributed by atoms with Crippen molar-refractivity contribution in [1.29, 1.82) is 0 Å². The van der Waals surface area contributed by atoms with Crippen LogP contribution in [0.15, 0.2) is 43.0 Å². The van der Waals surface area contributed by atoms with Gasteiger partial charge < -0.3 is 4.74 Å². The van der Waals surface area contributed by atoms with Crippen LogP contribution in [0.4, 0.5) is 0 Å². The standard InChI is InChI=1S/C10H9O2/c1-2-10(12-8-11)9-6-4-3-5-7-9/h2-7,10H,1H2/i9+2. The molecule has 61 valence electrons. The largest absolute Gasteiger partial charge is 0.445 e. The average molecular weight is 163 g/mol. The molecule has 0 aliphatic carbocycles. The van der Waals surface area contributed by atoms with Crippen LogP contribution >= 0.6 is 0 Å². The van der Waals surface area contributed by atoms with Gasteiger partial charge in [0.25, 0.3) is 0 Å². The van der Waals surface area contributed by atoms with E-state index in [4.69, 9.17) is 0 Å². The molecule has 2 heteroatoms. The van der Waals surface area contributed by atoms with Gasteiger partial charge in [0, 0.05) is 0 Å². The lowest BCUT2D eigenvalue weighted by molar-refractivity contribution is 0.223. The Bertz CT molecular complexity index is 254. The van der Waals surface area contributed by atoms with Crippen LogP contribution in [-0.4, -0.2) is 6.47 Å². The van der Waals surface area contributed by atoms with Crippen molar-refractivity contribution in [2.75, 3.05) is 0 Å². The quantitative estimate of drug-likeness (QED) is 0.634. The van der Waals surface area contributed by atoms with E-state index >= 15 is 0 Å². The van der Waals surface area contributed by atoms with Crippen LogP contribution in [0.25, 0.3) is 0 Å². The highest BCUT2D eigenvalue weighted by Crippen LogP contribution is 2.16. The van der Waals surface area contributed by atoms with Gasteiger partial charge >= 0.3 is 6.47 Å². The van der Waals surface area contributed by atoms with E-state index in [2.05, 4.69) is 11.3 Å². The Morgan fingerprint density at radius 2 is 2.08 bits per heavy atom. The van der Waals surface area contributed by atoms with Gasteiger partial charge in [0.1, 0.15) is 6.10 Å². The molecule has 12 heavy (non-hydrogen) atoms. The monoisotopic (exact) mass is 163 g/mol. The van der Waals surface area contributed by atoms with Gasteiger partial charge in [-0.15, -0.1) is 0 Å². The van der Waals surface area contributed by atoms with Crippen LogP contribution in [0.3, 0.4) is 0 Å². The van der Waals surface area contributed by atoms with E-state index in [1.54, 1.807) is 6.08 Å². The van der Waals surface area contributed by atoms with E-state index in [0.717, 1.165) is 5.56 Å². The Kier molecular flexibility index (Phi) is 3.08. The first-order chi connectivity index (χ1) is 5.88. The highest BCUT2D eigenvalue weighted by atomic mass is 16.5. The fourth-order valence-electron chi connectivity index (χ4n) is 0.947. The Morgan fingerprint density at radius 1 is 1.42 bits per heavy atom. The zero-order chi connectivity index (χ0) is 8.81. The first-order valence-electron chi connectivity index (χ1n) is 3.58. The minimum Gasteiger partial charge on any atom is -0.445 e. The van der Waals surface area contributed by atoms with Crippen molar-refractivity contribution < 1.29 is 9.53 Å². The highest BCUT2D eigenvalue weighted by Gasteiger charge is 2.05. The summed E-state index contributed by atoms with van der Waals surface area (Å²) in [4.78, 5) is 9.95. The third kappa shape index (κ3) is 1.95. The lowest BCUT2D eigenvalue weighted by atomic mass is 10.4. The highest BCUT2D eigenvalue weighted by molar-refractivity contribution is 5.40. The topological polar surface area (TPSA) is 26.3 Å². The predicted molar refractivity (Wildman–Crippen MR) is 46.2 cm³/mol. The number of carbonyl (C=O) groups excluding carboxylic acids is 1. The molecule has 1 rings (SSSR count). The Morgan fingerprint density at radius 3 is 2.58 bits per heavy atom. The third-order valence-corrected chi connectivity index (χ3v) is 1.52. The van der Waals surface area contributed by atoms with Gasteiger partial charge in [0.05, 0.1) is 0 Å². The smallest absolute Gasteiger partial charge is 0.418 e. The molecule has 0 aromatic heterocycles. The van der Waals surface area contributed by atoms with Crippen LogP contribution in [-0.2, 0) is 9.53 Å². The lowest BCUT2D eigenvalue weighted by Crippen LogP contribution is -1.98. The lowest BCUT2D eigenvalue weighted by Gasteiger charge is -2.08. The molecule has 1 radical (unpaired) electrons. The van der Waals surface area contributed by atoms with Gasteiger partial charge in [0.2, 0.25) is 0 Å². The molecule has 1 aromatic rings. The molecule has 2 nitrogen and oxygen atoms in total. The van der Waals surface area contributed by atoms with Gasteiger partial charge in [-0.3, -0.25) is 0 Å².